The normalized spacial score (nSPS) is 16.9. The molecule has 0 atom stereocenters. The molecule has 1 N–H and O–H groups in total. The maximum Gasteiger partial charge on any atom is 0.264 e. The summed E-state index contributed by atoms with van der Waals surface area (Å²) in [6.07, 6.45) is 0.408. The van der Waals surface area contributed by atoms with Gasteiger partial charge in [-0.2, -0.15) is 8.42 Å². The zero-order valence-corrected chi connectivity index (χ0v) is 12.6. The Morgan fingerprint density at radius 2 is 1.71 bits per heavy atom. The van der Waals surface area contributed by atoms with Crippen LogP contribution in [0.4, 0.5) is 0 Å². The summed E-state index contributed by atoms with van der Waals surface area (Å²) in [6, 6.07) is 9.18. The number of hydrogen-bond donors (Lipinski definition) is 1. The van der Waals surface area contributed by atoms with Crippen molar-refractivity contribution in [2.24, 2.45) is 0 Å². The molecule has 1 heterocycles. The molecule has 6 nitrogen and oxygen atoms in total. The summed E-state index contributed by atoms with van der Waals surface area (Å²) < 4.78 is 30.0. The molecule has 0 unspecified atom stereocenters. The van der Waals surface area contributed by atoms with E-state index in [-0.39, 0.29) is 11.7 Å². The number of carbonyl (C=O) groups excluding carboxylic acids is 1. The van der Waals surface area contributed by atoms with Crippen molar-refractivity contribution >= 4 is 16.0 Å². The number of rotatable bonds is 5. The van der Waals surface area contributed by atoms with Gasteiger partial charge in [-0.05, 0) is 25.1 Å². The Bertz CT molecular complexity index is 566. The van der Waals surface area contributed by atoms with Crippen LogP contribution in [0.15, 0.2) is 30.3 Å². The fraction of sp³-hybridized carbons (Fsp3) is 0.500. The molecule has 21 heavy (non-hydrogen) atoms. The molecule has 116 valence electrons. The van der Waals surface area contributed by atoms with Crippen molar-refractivity contribution < 1.29 is 17.8 Å². The first-order chi connectivity index (χ1) is 9.96. The zero-order valence-electron chi connectivity index (χ0n) is 11.8. The van der Waals surface area contributed by atoms with Crippen molar-refractivity contribution in [3.63, 3.8) is 0 Å². The summed E-state index contributed by atoms with van der Waals surface area (Å²) in [4.78, 5) is 16.2. The molecule has 0 spiro atoms. The molecular formula is C14H20N2O4S. The van der Waals surface area contributed by atoms with Crippen LogP contribution in [0.1, 0.15) is 16.8 Å². The molecule has 1 aromatic carbocycles. The van der Waals surface area contributed by atoms with Crippen molar-refractivity contribution in [2.45, 2.75) is 6.42 Å². The molecule has 0 aromatic heterocycles. The first-order valence-corrected chi connectivity index (χ1v) is 8.58. The van der Waals surface area contributed by atoms with Crippen LogP contribution in [-0.4, -0.2) is 67.2 Å². The van der Waals surface area contributed by atoms with Gasteiger partial charge in [0.1, 0.15) is 0 Å². The first-order valence-electron chi connectivity index (χ1n) is 6.97. The Labute approximate surface area is 125 Å². The van der Waals surface area contributed by atoms with Crippen molar-refractivity contribution in [1.29, 1.82) is 0 Å². The van der Waals surface area contributed by atoms with Gasteiger partial charge in [-0.3, -0.25) is 14.2 Å². The summed E-state index contributed by atoms with van der Waals surface area (Å²) in [5.74, 6) is -0.177. The summed E-state index contributed by atoms with van der Waals surface area (Å²) in [5.41, 5.74) is 0.692. The smallest absolute Gasteiger partial charge is 0.264 e. The third-order valence-electron chi connectivity index (χ3n) is 3.56. The van der Waals surface area contributed by atoms with Gasteiger partial charge in [-0.25, -0.2) is 0 Å². The van der Waals surface area contributed by atoms with Crippen LogP contribution < -0.4 is 0 Å². The van der Waals surface area contributed by atoms with E-state index in [1.54, 1.807) is 12.1 Å². The lowest BCUT2D eigenvalue weighted by molar-refractivity contribution is 0.0637. The molecule has 0 radical (unpaired) electrons. The van der Waals surface area contributed by atoms with E-state index in [1.165, 1.54) is 0 Å². The highest BCUT2D eigenvalue weighted by atomic mass is 32.2. The minimum Gasteiger partial charge on any atom is -0.336 e. The van der Waals surface area contributed by atoms with Crippen LogP contribution in [0.5, 0.6) is 0 Å². The highest BCUT2D eigenvalue weighted by Crippen LogP contribution is 2.09. The molecule has 1 amide bonds. The van der Waals surface area contributed by atoms with Gasteiger partial charge in [0.05, 0.1) is 5.75 Å². The van der Waals surface area contributed by atoms with Gasteiger partial charge < -0.3 is 4.90 Å². The van der Waals surface area contributed by atoms with Gasteiger partial charge in [-0.15, -0.1) is 0 Å². The predicted octanol–water partition coefficient (Wildman–Crippen LogP) is 0.722. The average molecular weight is 312 g/mol. The summed E-state index contributed by atoms with van der Waals surface area (Å²) in [7, 11) is -3.88. The minimum absolute atomic E-state index is 0.0354. The van der Waals surface area contributed by atoms with E-state index in [9.17, 15) is 13.2 Å². The van der Waals surface area contributed by atoms with Crippen LogP contribution >= 0.6 is 0 Å². The summed E-state index contributed by atoms with van der Waals surface area (Å²) in [5, 5.41) is 0. The monoisotopic (exact) mass is 312 g/mol. The molecule has 0 aliphatic carbocycles. The highest BCUT2D eigenvalue weighted by Gasteiger charge is 2.21. The lowest BCUT2D eigenvalue weighted by atomic mass is 10.2. The van der Waals surface area contributed by atoms with Crippen molar-refractivity contribution in [2.75, 3.05) is 38.5 Å². The van der Waals surface area contributed by atoms with E-state index in [1.807, 2.05) is 23.1 Å². The lowest BCUT2D eigenvalue weighted by Gasteiger charge is -2.34. The van der Waals surface area contributed by atoms with Crippen LogP contribution in [0, 0.1) is 0 Å². The van der Waals surface area contributed by atoms with Crippen LogP contribution in [0.25, 0.3) is 0 Å². The van der Waals surface area contributed by atoms with Crippen LogP contribution in [-0.2, 0) is 10.1 Å². The van der Waals surface area contributed by atoms with Gasteiger partial charge in [0.15, 0.2) is 0 Å². The van der Waals surface area contributed by atoms with Crippen molar-refractivity contribution in [3.05, 3.63) is 35.9 Å². The number of hydrogen-bond acceptors (Lipinski definition) is 4. The Balaban J connectivity index is 1.77. The Hall–Kier alpha value is -1.44. The SMILES string of the molecule is O=C(c1ccccc1)N1CCN(CCCS(=O)(=O)O)CC1. The van der Waals surface area contributed by atoms with E-state index >= 15 is 0 Å². The Morgan fingerprint density at radius 3 is 2.29 bits per heavy atom. The van der Waals surface area contributed by atoms with E-state index in [0.29, 0.717) is 31.6 Å². The third-order valence-corrected chi connectivity index (χ3v) is 4.36. The molecule has 0 saturated carbocycles. The average Bonchev–Trinajstić information content (AvgIpc) is 2.47. The second-order valence-corrected chi connectivity index (χ2v) is 6.71. The quantitative estimate of drug-likeness (QED) is 0.811. The van der Waals surface area contributed by atoms with Gasteiger partial charge in [-0.1, -0.05) is 18.2 Å². The molecule has 1 fully saturated rings. The van der Waals surface area contributed by atoms with Crippen LogP contribution in [0.2, 0.25) is 0 Å². The summed E-state index contributed by atoms with van der Waals surface area (Å²) in [6.45, 7) is 3.35. The molecule has 1 aliphatic heterocycles. The number of benzene rings is 1. The van der Waals surface area contributed by atoms with Gasteiger partial charge in [0.2, 0.25) is 0 Å². The fourth-order valence-corrected chi connectivity index (χ4v) is 2.90. The lowest BCUT2D eigenvalue weighted by Crippen LogP contribution is -2.49. The molecule has 2 rings (SSSR count). The number of nitrogens with zero attached hydrogens (tertiary/aromatic N) is 2. The van der Waals surface area contributed by atoms with E-state index in [4.69, 9.17) is 4.55 Å². The standard InChI is InChI=1S/C14H20N2O4S/c17-14(13-5-2-1-3-6-13)16-10-8-15(9-11-16)7-4-12-21(18,19)20/h1-3,5-6H,4,7-12H2,(H,18,19,20). The van der Waals surface area contributed by atoms with E-state index in [2.05, 4.69) is 4.90 Å². The predicted molar refractivity (Wildman–Crippen MR) is 79.8 cm³/mol. The first kappa shape index (κ1) is 15.9. The second kappa shape index (κ2) is 7.02. The molecule has 1 aliphatic rings. The second-order valence-electron chi connectivity index (χ2n) is 5.14. The van der Waals surface area contributed by atoms with Crippen molar-refractivity contribution in [1.82, 2.24) is 9.80 Å². The topological polar surface area (TPSA) is 77.9 Å². The van der Waals surface area contributed by atoms with E-state index < -0.39 is 10.1 Å². The zero-order chi connectivity index (χ0) is 15.3. The summed E-state index contributed by atoms with van der Waals surface area (Å²) >= 11 is 0. The van der Waals surface area contributed by atoms with Gasteiger partial charge in [0, 0.05) is 31.7 Å². The highest BCUT2D eigenvalue weighted by molar-refractivity contribution is 7.85. The van der Waals surface area contributed by atoms with Gasteiger partial charge >= 0.3 is 0 Å². The Morgan fingerprint density at radius 1 is 1.10 bits per heavy atom. The number of amides is 1. The number of piperazine rings is 1. The van der Waals surface area contributed by atoms with Gasteiger partial charge in [0.25, 0.3) is 16.0 Å². The fourth-order valence-electron chi connectivity index (χ4n) is 2.41. The molecule has 1 saturated heterocycles. The molecular weight excluding hydrogens is 292 g/mol. The maximum absolute atomic E-state index is 12.2. The third kappa shape index (κ3) is 5.11. The van der Waals surface area contributed by atoms with E-state index in [0.717, 1.165) is 13.1 Å². The number of carbonyl (C=O) groups is 1. The molecule has 1 aromatic rings. The molecule has 0 bridgehead atoms. The molecule has 7 heteroatoms. The largest absolute Gasteiger partial charge is 0.336 e. The van der Waals surface area contributed by atoms with Crippen LogP contribution in [0.3, 0.4) is 0 Å². The van der Waals surface area contributed by atoms with Crippen molar-refractivity contribution in [3.8, 4) is 0 Å². The maximum atomic E-state index is 12.2. The minimum atomic E-state index is -3.88. The Kier molecular flexibility index (Phi) is 5.33.